The van der Waals surface area contributed by atoms with E-state index in [1.54, 1.807) is 16.2 Å². The number of aromatic amines is 1. The lowest BCUT2D eigenvalue weighted by Crippen LogP contribution is -2.29. The van der Waals surface area contributed by atoms with Crippen LogP contribution in [0.2, 0.25) is 0 Å². The van der Waals surface area contributed by atoms with Crippen molar-refractivity contribution in [1.29, 1.82) is 0 Å². The maximum atomic E-state index is 12.6. The molecule has 2 heterocycles. The van der Waals surface area contributed by atoms with Crippen LogP contribution in [0.15, 0.2) is 42.5 Å². The highest BCUT2D eigenvalue weighted by Gasteiger charge is 2.21. The summed E-state index contributed by atoms with van der Waals surface area (Å²) in [6.07, 6.45) is 0. The van der Waals surface area contributed by atoms with E-state index in [1.807, 2.05) is 37.4 Å². The third-order valence-corrected chi connectivity index (χ3v) is 5.01. The van der Waals surface area contributed by atoms with E-state index in [0.717, 1.165) is 10.9 Å². The molecule has 0 aliphatic heterocycles. The standard InChI is InChI=1S/C17H18N2OS/c1-11-8-9-16(21-11)12(2)19(3)17(20)15-10-13-6-4-5-7-14(13)18-15/h4-10,12,18H,1-3H3. The quantitative estimate of drug-likeness (QED) is 0.765. The molecule has 3 nitrogen and oxygen atoms in total. The monoisotopic (exact) mass is 298 g/mol. The molecule has 108 valence electrons. The van der Waals surface area contributed by atoms with Gasteiger partial charge in [0.25, 0.3) is 5.91 Å². The van der Waals surface area contributed by atoms with Crippen LogP contribution in [0, 0.1) is 6.92 Å². The summed E-state index contributed by atoms with van der Waals surface area (Å²) in [7, 11) is 1.85. The van der Waals surface area contributed by atoms with Crippen LogP contribution in [0.1, 0.15) is 33.2 Å². The fourth-order valence-corrected chi connectivity index (χ4v) is 3.40. The molecule has 0 bridgehead atoms. The number of fused-ring (bicyclic) bond motifs is 1. The van der Waals surface area contributed by atoms with Gasteiger partial charge >= 0.3 is 0 Å². The van der Waals surface area contributed by atoms with Gasteiger partial charge in [-0.2, -0.15) is 0 Å². The highest BCUT2D eigenvalue weighted by atomic mass is 32.1. The van der Waals surface area contributed by atoms with Gasteiger partial charge in [0.2, 0.25) is 0 Å². The number of thiophene rings is 1. The molecule has 0 fully saturated rings. The van der Waals surface area contributed by atoms with Crippen molar-refractivity contribution in [2.75, 3.05) is 7.05 Å². The van der Waals surface area contributed by atoms with E-state index in [-0.39, 0.29) is 11.9 Å². The Labute approximate surface area is 128 Å². The largest absolute Gasteiger partial charge is 0.351 e. The molecule has 0 radical (unpaired) electrons. The molecule has 0 saturated heterocycles. The van der Waals surface area contributed by atoms with Crippen molar-refractivity contribution >= 4 is 28.1 Å². The minimum atomic E-state index is 0.0183. The van der Waals surface area contributed by atoms with Crippen molar-refractivity contribution in [2.45, 2.75) is 19.9 Å². The second kappa shape index (κ2) is 5.37. The summed E-state index contributed by atoms with van der Waals surface area (Å²) in [5.41, 5.74) is 1.63. The number of para-hydroxylation sites is 1. The first-order valence-electron chi connectivity index (χ1n) is 6.97. The Hall–Kier alpha value is -2.07. The zero-order chi connectivity index (χ0) is 15.0. The molecule has 1 aromatic carbocycles. The van der Waals surface area contributed by atoms with Crippen molar-refractivity contribution in [1.82, 2.24) is 9.88 Å². The predicted molar refractivity (Wildman–Crippen MR) is 87.9 cm³/mol. The van der Waals surface area contributed by atoms with Crippen LogP contribution in [0.5, 0.6) is 0 Å². The van der Waals surface area contributed by atoms with Crippen LogP contribution in [0.4, 0.5) is 0 Å². The molecule has 1 amide bonds. The van der Waals surface area contributed by atoms with Gasteiger partial charge in [0.1, 0.15) is 5.69 Å². The van der Waals surface area contributed by atoms with Gasteiger partial charge in [-0.3, -0.25) is 4.79 Å². The second-order valence-corrected chi connectivity index (χ2v) is 6.63. The van der Waals surface area contributed by atoms with Gasteiger partial charge < -0.3 is 9.88 Å². The number of hydrogen-bond donors (Lipinski definition) is 1. The third kappa shape index (κ3) is 2.59. The SMILES string of the molecule is Cc1ccc(C(C)N(C)C(=O)c2cc3ccccc3[nH]2)s1. The predicted octanol–water partition coefficient (Wildman–Crippen LogP) is 4.37. The molecule has 0 aliphatic rings. The van der Waals surface area contributed by atoms with Gasteiger partial charge in [-0.25, -0.2) is 0 Å². The number of rotatable bonds is 3. The van der Waals surface area contributed by atoms with Crippen molar-refractivity contribution < 1.29 is 4.79 Å². The number of benzene rings is 1. The molecule has 2 aromatic heterocycles. The Balaban J connectivity index is 1.86. The van der Waals surface area contributed by atoms with Crippen LogP contribution in [0.3, 0.4) is 0 Å². The summed E-state index contributed by atoms with van der Waals surface area (Å²) in [4.78, 5) is 20.1. The number of nitrogens with one attached hydrogen (secondary N) is 1. The summed E-state index contributed by atoms with van der Waals surface area (Å²) in [5, 5.41) is 1.06. The second-order valence-electron chi connectivity index (χ2n) is 5.31. The summed E-state index contributed by atoms with van der Waals surface area (Å²) >= 11 is 1.74. The minimum absolute atomic E-state index is 0.0183. The van der Waals surface area contributed by atoms with Crippen molar-refractivity contribution in [3.05, 3.63) is 57.9 Å². The van der Waals surface area contributed by atoms with Gasteiger partial charge in [0.15, 0.2) is 0 Å². The zero-order valence-electron chi connectivity index (χ0n) is 12.4. The van der Waals surface area contributed by atoms with Gasteiger partial charge in [-0.05, 0) is 38.1 Å². The lowest BCUT2D eigenvalue weighted by molar-refractivity contribution is 0.0740. The lowest BCUT2D eigenvalue weighted by atomic mass is 10.2. The maximum absolute atomic E-state index is 12.6. The number of aryl methyl sites for hydroxylation is 1. The van der Waals surface area contributed by atoms with Crippen LogP contribution in [-0.4, -0.2) is 22.8 Å². The van der Waals surface area contributed by atoms with E-state index in [9.17, 15) is 4.79 Å². The molecular formula is C17H18N2OS. The molecule has 0 saturated carbocycles. The number of H-pyrrole nitrogens is 1. The Bertz CT molecular complexity index is 754. The number of carbonyl (C=O) groups is 1. The third-order valence-electron chi connectivity index (χ3n) is 3.83. The Morgan fingerprint density at radius 2 is 2.00 bits per heavy atom. The number of carbonyl (C=O) groups excluding carboxylic acids is 1. The number of amides is 1. The fourth-order valence-electron chi connectivity index (χ4n) is 2.42. The molecule has 1 atom stereocenters. The van der Waals surface area contributed by atoms with Crippen molar-refractivity contribution in [2.24, 2.45) is 0 Å². The van der Waals surface area contributed by atoms with Gasteiger partial charge in [-0.15, -0.1) is 11.3 Å². The highest BCUT2D eigenvalue weighted by Crippen LogP contribution is 2.27. The zero-order valence-corrected chi connectivity index (χ0v) is 13.2. The van der Waals surface area contributed by atoms with E-state index < -0.39 is 0 Å². The highest BCUT2D eigenvalue weighted by molar-refractivity contribution is 7.12. The van der Waals surface area contributed by atoms with E-state index in [2.05, 4.69) is 31.0 Å². The lowest BCUT2D eigenvalue weighted by Gasteiger charge is -2.23. The van der Waals surface area contributed by atoms with Crippen LogP contribution in [0.25, 0.3) is 10.9 Å². The summed E-state index contributed by atoms with van der Waals surface area (Å²) in [5.74, 6) is 0.0183. The average molecular weight is 298 g/mol. The minimum Gasteiger partial charge on any atom is -0.351 e. The smallest absolute Gasteiger partial charge is 0.270 e. The van der Waals surface area contributed by atoms with Gasteiger partial charge in [0.05, 0.1) is 6.04 Å². The molecule has 0 aliphatic carbocycles. The normalized spacial score (nSPS) is 12.5. The van der Waals surface area contributed by atoms with Crippen LogP contribution < -0.4 is 0 Å². The van der Waals surface area contributed by atoms with E-state index in [4.69, 9.17) is 0 Å². The Morgan fingerprint density at radius 3 is 2.67 bits per heavy atom. The summed E-state index contributed by atoms with van der Waals surface area (Å²) < 4.78 is 0. The van der Waals surface area contributed by atoms with Gasteiger partial charge in [-0.1, -0.05) is 18.2 Å². The maximum Gasteiger partial charge on any atom is 0.270 e. The van der Waals surface area contributed by atoms with Crippen LogP contribution >= 0.6 is 11.3 Å². The molecule has 3 rings (SSSR count). The molecule has 0 spiro atoms. The molecule has 1 unspecified atom stereocenters. The van der Waals surface area contributed by atoms with Crippen molar-refractivity contribution in [3.8, 4) is 0 Å². The summed E-state index contributed by atoms with van der Waals surface area (Å²) in [6, 6.07) is 14.1. The first-order valence-corrected chi connectivity index (χ1v) is 7.79. The average Bonchev–Trinajstić information content (AvgIpc) is 3.10. The van der Waals surface area contributed by atoms with Crippen LogP contribution in [-0.2, 0) is 0 Å². The molecule has 1 N–H and O–H groups in total. The molecule has 4 heteroatoms. The molecule has 3 aromatic rings. The molecule has 21 heavy (non-hydrogen) atoms. The Morgan fingerprint density at radius 1 is 1.24 bits per heavy atom. The fraction of sp³-hybridized carbons (Fsp3) is 0.235. The van der Waals surface area contributed by atoms with Crippen molar-refractivity contribution in [3.63, 3.8) is 0 Å². The first-order chi connectivity index (χ1) is 10.1. The number of hydrogen-bond acceptors (Lipinski definition) is 2. The summed E-state index contributed by atoms with van der Waals surface area (Å²) in [6.45, 7) is 4.15. The number of aromatic nitrogens is 1. The van der Waals surface area contributed by atoms with E-state index in [0.29, 0.717) is 5.69 Å². The topological polar surface area (TPSA) is 36.1 Å². The van der Waals surface area contributed by atoms with Gasteiger partial charge in [0, 0.05) is 27.7 Å². The molecular weight excluding hydrogens is 280 g/mol. The Kier molecular flexibility index (Phi) is 3.55. The number of nitrogens with zero attached hydrogens (tertiary/aromatic N) is 1. The first kappa shape index (κ1) is 13.9. The van der Waals surface area contributed by atoms with E-state index in [1.165, 1.54) is 9.75 Å². The van der Waals surface area contributed by atoms with E-state index >= 15 is 0 Å².